The number of carbonyl (C=O) groups excluding carboxylic acids is 2. The Bertz CT molecular complexity index is 1520. The second kappa shape index (κ2) is 12.8. The molecule has 8 nitrogen and oxygen atoms in total. The lowest BCUT2D eigenvalue weighted by molar-refractivity contribution is -0.137. The van der Waals surface area contributed by atoms with Gasteiger partial charge >= 0.3 is 6.18 Å². The molecule has 2 N–H and O–H groups in total. The van der Waals surface area contributed by atoms with Gasteiger partial charge in [-0.2, -0.15) is 13.2 Å². The number of benzene rings is 2. The third kappa shape index (κ3) is 6.99. The first-order chi connectivity index (χ1) is 19.9. The first-order valence-corrected chi connectivity index (χ1v) is 13.6. The maximum absolute atomic E-state index is 15.6. The number of halogens is 4. The molecule has 0 aliphatic carbocycles. The van der Waals surface area contributed by atoms with Gasteiger partial charge in [-0.05, 0) is 61.7 Å². The maximum atomic E-state index is 15.6. The van der Waals surface area contributed by atoms with Gasteiger partial charge in [-0.1, -0.05) is 13.0 Å². The van der Waals surface area contributed by atoms with Gasteiger partial charge in [0.25, 0.3) is 11.5 Å². The van der Waals surface area contributed by atoms with Crippen LogP contribution in [0.3, 0.4) is 0 Å². The van der Waals surface area contributed by atoms with E-state index in [1.807, 2.05) is 0 Å². The fourth-order valence-electron chi connectivity index (χ4n) is 5.02. The van der Waals surface area contributed by atoms with Crippen LogP contribution in [0.2, 0.25) is 0 Å². The minimum absolute atomic E-state index is 0.186. The van der Waals surface area contributed by atoms with E-state index in [0.29, 0.717) is 29.7 Å². The van der Waals surface area contributed by atoms with Crippen LogP contribution in [0.25, 0.3) is 11.1 Å². The summed E-state index contributed by atoms with van der Waals surface area (Å²) in [5.74, 6) is -1.68. The zero-order chi connectivity index (χ0) is 30.6. The van der Waals surface area contributed by atoms with E-state index < -0.39 is 40.5 Å². The fourth-order valence-corrected chi connectivity index (χ4v) is 5.02. The van der Waals surface area contributed by atoms with Gasteiger partial charge in [-0.3, -0.25) is 19.3 Å². The summed E-state index contributed by atoms with van der Waals surface area (Å²) in [6.07, 6.45) is -2.35. The van der Waals surface area contributed by atoms with Crippen molar-refractivity contribution in [3.63, 3.8) is 0 Å². The summed E-state index contributed by atoms with van der Waals surface area (Å²) in [5.41, 5.74) is -1.67. The van der Waals surface area contributed by atoms with Crippen molar-refractivity contribution in [2.24, 2.45) is 5.92 Å². The molecule has 1 fully saturated rings. The second-order valence-electron chi connectivity index (χ2n) is 10.2. The lowest BCUT2D eigenvalue weighted by Gasteiger charge is -2.25. The minimum Gasteiger partial charge on any atom is -0.493 e. The van der Waals surface area contributed by atoms with Crippen molar-refractivity contribution in [2.75, 3.05) is 37.7 Å². The van der Waals surface area contributed by atoms with Crippen LogP contribution in [0, 0.1) is 11.7 Å². The Labute approximate surface area is 240 Å². The molecule has 12 heteroatoms. The van der Waals surface area contributed by atoms with Crippen LogP contribution >= 0.6 is 0 Å². The van der Waals surface area contributed by atoms with Crippen LogP contribution in [-0.4, -0.2) is 54.5 Å². The fraction of sp³-hybridized carbons (Fsp3) is 0.367. The zero-order valence-corrected chi connectivity index (χ0v) is 23.5. The van der Waals surface area contributed by atoms with E-state index in [9.17, 15) is 27.6 Å². The molecule has 2 aromatic carbocycles. The number of aromatic nitrogens is 1. The minimum atomic E-state index is -4.75. The molecule has 2 amide bonds. The number of ether oxygens (including phenoxy) is 1. The quantitative estimate of drug-likeness (QED) is 0.329. The molecule has 1 saturated heterocycles. The number of hydrogen-bond donors (Lipinski definition) is 2. The molecular weight excluding hydrogens is 556 g/mol. The highest BCUT2D eigenvalue weighted by atomic mass is 19.4. The molecule has 224 valence electrons. The van der Waals surface area contributed by atoms with Crippen LogP contribution < -0.4 is 20.5 Å². The Morgan fingerprint density at radius 3 is 2.50 bits per heavy atom. The lowest BCUT2D eigenvalue weighted by Crippen LogP contribution is -2.35. The van der Waals surface area contributed by atoms with Crippen molar-refractivity contribution in [1.29, 1.82) is 0 Å². The Kier molecular flexibility index (Phi) is 9.35. The van der Waals surface area contributed by atoms with E-state index >= 15 is 4.39 Å². The number of pyridine rings is 1. The predicted molar refractivity (Wildman–Crippen MR) is 150 cm³/mol. The number of H-pyrrole nitrogens is 1. The largest absolute Gasteiger partial charge is 0.493 e. The number of rotatable bonds is 9. The van der Waals surface area contributed by atoms with Crippen molar-refractivity contribution in [3.05, 3.63) is 76.0 Å². The summed E-state index contributed by atoms with van der Waals surface area (Å²) in [6, 6.07) is 7.50. The number of alkyl halides is 3. The van der Waals surface area contributed by atoms with Gasteiger partial charge in [0.1, 0.15) is 11.6 Å². The van der Waals surface area contributed by atoms with Crippen molar-refractivity contribution < 1.29 is 31.9 Å². The van der Waals surface area contributed by atoms with E-state index in [1.165, 1.54) is 24.4 Å². The summed E-state index contributed by atoms with van der Waals surface area (Å²) >= 11 is 0. The van der Waals surface area contributed by atoms with E-state index in [2.05, 4.69) is 22.1 Å². The molecule has 1 aliphatic heterocycles. The predicted octanol–water partition coefficient (Wildman–Crippen LogP) is 5.35. The van der Waals surface area contributed by atoms with Crippen molar-refractivity contribution in [3.8, 4) is 16.9 Å². The molecule has 0 bridgehead atoms. The number of hydrogen-bond acceptors (Lipinski definition) is 5. The van der Waals surface area contributed by atoms with Crippen molar-refractivity contribution in [1.82, 2.24) is 15.2 Å². The molecule has 0 radical (unpaired) electrons. The molecular formula is C30H32F4N4O4. The van der Waals surface area contributed by atoms with E-state index in [0.717, 1.165) is 49.5 Å². The third-order valence-electron chi connectivity index (χ3n) is 7.03. The lowest BCUT2D eigenvalue weighted by atomic mass is 10.0. The number of anilines is 2. The average molecular weight is 589 g/mol. The van der Waals surface area contributed by atoms with Gasteiger partial charge in [0.15, 0.2) is 0 Å². The number of likely N-dealkylation sites (tertiary alicyclic amines) is 1. The molecule has 0 spiro atoms. The third-order valence-corrected chi connectivity index (χ3v) is 7.03. The Balaban J connectivity index is 1.71. The highest BCUT2D eigenvalue weighted by Crippen LogP contribution is 2.38. The first-order valence-electron chi connectivity index (χ1n) is 13.6. The van der Waals surface area contributed by atoms with Gasteiger partial charge in [-0.25, -0.2) is 4.39 Å². The second-order valence-corrected chi connectivity index (χ2v) is 10.2. The Morgan fingerprint density at radius 2 is 1.88 bits per heavy atom. The summed E-state index contributed by atoms with van der Waals surface area (Å²) in [6.45, 7) is 7.66. The highest BCUT2D eigenvalue weighted by molar-refractivity contribution is 6.08. The molecule has 1 aliphatic rings. The van der Waals surface area contributed by atoms with Crippen LogP contribution in [0.4, 0.5) is 28.9 Å². The smallest absolute Gasteiger partial charge is 0.416 e. The van der Waals surface area contributed by atoms with Crippen LogP contribution in [-0.2, 0) is 11.0 Å². The number of amides is 2. The van der Waals surface area contributed by atoms with Crippen LogP contribution in [0.5, 0.6) is 5.75 Å². The van der Waals surface area contributed by atoms with E-state index in [-0.39, 0.29) is 30.3 Å². The summed E-state index contributed by atoms with van der Waals surface area (Å²) < 4.78 is 62.0. The zero-order valence-electron chi connectivity index (χ0n) is 23.5. The van der Waals surface area contributed by atoms with E-state index in [1.54, 1.807) is 6.92 Å². The monoisotopic (exact) mass is 588 g/mol. The Morgan fingerprint density at radius 1 is 1.14 bits per heavy atom. The normalized spacial score (nSPS) is 15.5. The molecule has 42 heavy (non-hydrogen) atoms. The SMILES string of the molecule is CCOc1cc(=O)[nH]cc1-c1ccc(N(C(C)=O)c2ccc(C(F)(F)F)cc2C(=O)NCCN2CC[C@H](C)C2)c(F)c1. The topological polar surface area (TPSA) is 94.7 Å². The van der Waals surface area contributed by atoms with E-state index in [4.69, 9.17) is 4.74 Å². The number of nitrogens with one attached hydrogen (secondary N) is 2. The summed E-state index contributed by atoms with van der Waals surface area (Å²) in [4.78, 5) is 43.3. The number of carbonyl (C=O) groups is 2. The summed E-state index contributed by atoms with van der Waals surface area (Å²) in [5, 5.41) is 2.65. The van der Waals surface area contributed by atoms with Crippen LogP contribution in [0.15, 0.2) is 53.5 Å². The number of nitrogens with zero attached hydrogens (tertiary/aromatic N) is 2. The summed E-state index contributed by atoms with van der Waals surface area (Å²) in [7, 11) is 0. The van der Waals surface area contributed by atoms with Gasteiger partial charge in [-0.15, -0.1) is 0 Å². The van der Waals surface area contributed by atoms with Gasteiger partial charge in [0.2, 0.25) is 5.91 Å². The molecule has 2 heterocycles. The molecule has 4 rings (SSSR count). The maximum Gasteiger partial charge on any atom is 0.416 e. The first kappa shape index (κ1) is 30.8. The number of aromatic amines is 1. The van der Waals surface area contributed by atoms with Gasteiger partial charge < -0.3 is 19.9 Å². The average Bonchev–Trinajstić information content (AvgIpc) is 3.34. The molecule has 3 aromatic rings. The van der Waals surface area contributed by atoms with Crippen molar-refractivity contribution >= 4 is 23.2 Å². The van der Waals surface area contributed by atoms with Gasteiger partial charge in [0.05, 0.1) is 29.1 Å². The molecule has 0 saturated carbocycles. The molecule has 1 atom stereocenters. The van der Waals surface area contributed by atoms with Crippen LogP contribution in [0.1, 0.15) is 43.1 Å². The molecule has 1 aromatic heterocycles. The standard InChI is InChI=1S/C30H32F4N4O4/c1-4-42-27-15-28(40)36-16-23(27)20-5-7-26(24(31)13-20)38(19(3)39)25-8-6-21(30(32,33)34)14-22(25)29(41)35-10-12-37-11-9-18(2)17-37/h5-8,13-16,18H,4,9-12,17H2,1-3H3,(H,35,41)(H,36,40)/t18-/m0/s1. The Hall–Kier alpha value is -4.19. The van der Waals surface area contributed by atoms with Gasteiger partial charge in [0, 0.05) is 44.4 Å². The highest BCUT2D eigenvalue weighted by Gasteiger charge is 2.33. The van der Waals surface area contributed by atoms with Crippen molar-refractivity contribution in [2.45, 2.75) is 33.4 Å². The molecule has 0 unspecified atom stereocenters.